The first-order chi connectivity index (χ1) is 17.3. The van der Waals surface area contributed by atoms with E-state index in [1.807, 2.05) is 6.92 Å². The van der Waals surface area contributed by atoms with Crippen LogP contribution in [0.5, 0.6) is 5.75 Å². The number of ether oxygens (including phenoxy) is 1. The molecule has 0 aliphatic carbocycles. The highest BCUT2D eigenvalue weighted by Crippen LogP contribution is 2.31. The number of hydrogen-bond acceptors (Lipinski definition) is 6. The second-order valence-corrected chi connectivity index (χ2v) is 12.2. The van der Waals surface area contributed by atoms with Gasteiger partial charge in [-0.1, -0.05) is 29.3 Å². The molecule has 3 aromatic rings. The maximum Gasteiger partial charge on any atom is 0.261 e. The SMILES string of the molecule is CCOc1ccc(N(C(C)C(=O)Nc2ccc(S(=O)(=O)Nc3cccc(Cl)c3Cl)cc2)S(C)(=O)=O)cc1. The molecule has 1 unspecified atom stereocenters. The van der Waals surface area contributed by atoms with Crippen LogP contribution in [0.4, 0.5) is 17.1 Å². The number of hydrogen-bond donors (Lipinski definition) is 2. The largest absolute Gasteiger partial charge is 0.494 e. The minimum Gasteiger partial charge on any atom is -0.494 e. The van der Waals surface area contributed by atoms with Gasteiger partial charge in [0.05, 0.1) is 39.2 Å². The predicted molar refractivity (Wildman–Crippen MR) is 147 cm³/mol. The summed E-state index contributed by atoms with van der Waals surface area (Å²) in [5.41, 5.74) is 0.688. The number of nitrogens with zero attached hydrogens (tertiary/aromatic N) is 1. The van der Waals surface area contributed by atoms with Crippen molar-refractivity contribution >= 4 is 66.2 Å². The number of benzene rings is 3. The molecule has 0 fully saturated rings. The third-order valence-electron chi connectivity index (χ3n) is 5.12. The van der Waals surface area contributed by atoms with Crippen molar-refractivity contribution in [3.8, 4) is 5.75 Å². The lowest BCUT2D eigenvalue weighted by molar-refractivity contribution is -0.116. The van der Waals surface area contributed by atoms with Crippen molar-refractivity contribution in [1.29, 1.82) is 0 Å². The molecule has 9 nitrogen and oxygen atoms in total. The average Bonchev–Trinajstić information content (AvgIpc) is 2.83. The number of rotatable bonds is 10. The standard InChI is InChI=1S/C24H25Cl2N3O6S2/c1-4-35-19-12-10-18(11-13-19)29(36(3,31)32)16(2)24(30)27-17-8-14-20(15-9-17)37(33,34)28-22-7-5-6-21(25)23(22)26/h5-16,28H,4H2,1-3H3,(H,27,30). The molecular weight excluding hydrogens is 561 g/mol. The molecule has 1 amide bonds. The number of carbonyl (C=O) groups excluding carboxylic acids is 1. The van der Waals surface area contributed by atoms with Gasteiger partial charge in [-0.25, -0.2) is 16.8 Å². The molecule has 198 valence electrons. The van der Waals surface area contributed by atoms with E-state index in [2.05, 4.69) is 10.0 Å². The van der Waals surface area contributed by atoms with Crippen LogP contribution in [-0.4, -0.2) is 41.6 Å². The van der Waals surface area contributed by atoms with Crippen molar-refractivity contribution in [3.05, 3.63) is 76.8 Å². The molecule has 0 saturated heterocycles. The van der Waals surface area contributed by atoms with Crippen LogP contribution in [0, 0.1) is 0 Å². The summed E-state index contributed by atoms with van der Waals surface area (Å²) < 4.78 is 59.3. The topological polar surface area (TPSA) is 122 Å². The summed E-state index contributed by atoms with van der Waals surface area (Å²) in [4.78, 5) is 12.9. The Labute approximate surface area is 226 Å². The van der Waals surface area contributed by atoms with Crippen LogP contribution >= 0.6 is 23.2 Å². The second kappa shape index (κ2) is 11.6. The van der Waals surface area contributed by atoms with Crippen LogP contribution in [-0.2, 0) is 24.8 Å². The van der Waals surface area contributed by atoms with Gasteiger partial charge in [-0.15, -0.1) is 0 Å². The Morgan fingerprint density at radius 1 is 0.973 bits per heavy atom. The molecule has 1 atom stereocenters. The van der Waals surface area contributed by atoms with Crippen LogP contribution in [0.2, 0.25) is 10.0 Å². The molecule has 3 aromatic carbocycles. The van der Waals surface area contributed by atoms with Crippen molar-refractivity contribution in [3.63, 3.8) is 0 Å². The van der Waals surface area contributed by atoms with Gasteiger partial charge in [0.2, 0.25) is 15.9 Å². The minimum atomic E-state index is -3.99. The van der Waals surface area contributed by atoms with E-state index in [0.717, 1.165) is 10.6 Å². The molecule has 0 spiro atoms. The fraction of sp³-hybridized carbons (Fsp3) is 0.208. The van der Waals surface area contributed by atoms with E-state index in [9.17, 15) is 21.6 Å². The normalized spacial score (nSPS) is 12.5. The molecule has 0 aliphatic rings. The summed E-state index contributed by atoms with van der Waals surface area (Å²) in [6, 6.07) is 15.1. The average molecular weight is 587 g/mol. The van der Waals surface area contributed by atoms with Gasteiger partial charge in [0.1, 0.15) is 11.8 Å². The fourth-order valence-electron chi connectivity index (χ4n) is 3.42. The number of anilines is 3. The highest BCUT2D eigenvalue weighted by molar-refractivity contribution is 7.92. The Hall–Kier alpha value is -2.99. The summed E-state index contributed by atoms with van der Waals surface area (Å²) in [5.74, 6) is -0.0438. The van der Waals surface area contributed by atoms with Gasteiger partial charge >= 0.3 is 0 Å². The molecule has 37 heavy (non-hydrogen) atoms. The molecule has 0 bridgehead atoms. The van der Waals surface area contributed by atoms with E-state index in [0.29, 0.717) is 18.0 Å². The Morgan fingerprint density at radius 2 is 1.59 bits per heavy atom. The molecule has 13 heteroatoms. The predicted octanol–water partition coefficient (Wildman–Crippen LogP) is 4.99. The Morgan fingerprint density at radius 3 is 2.16 bits per heavy atom. The molecule has 0 radical (unpaired) electrons. The van der Waals surface area contributed by atoms with Crippen LogP contribution in [0.15, 0.2) is 71.6 Å². The van der Waals surface area contributed by atoms with Gasteiger partial charge in [0.15, 0.2) is 0 Å². The van der Waals surface area contributed by atoms with Gasteiger partial charge in [-0.05, 0) is 74.5 Å². The van der Waals surface area contributed by atoms with E-state index in [1.165, 1.54) is 43.3 Å². The first kappa shape index (κ1) is 28.6. The van der Waals surface area contributed by atoms with Crippen molar-refractivity contribution in [2.45, 2.75) is 24.8 Å². The molecule has 0 heterocycles. The Balaban J connectivity index is 1.76. The third-order valence-corrected chi connectivity index (χ3v) is 8.56. The maximum atomic E-state index is 12.9. The van der Waals surface area contributed by atoms with Crippen molar-refractivity contribution in [2.24, 2.45) is 0 Å². The molecule has 0 aromatic heterocycles. The smallest absolute Gasteiger partial charge is 0.261 e. The van der Waals surface area contributed by atoms with Gasteiger partial charge in [0, 0.05) is 5.69 Å². The van der Waals surface area contributed by atoms with Gasteiger partial charge in [-0.3, -0.25) is 13.8 Å². The van der Waals surface area contributed by atoms with E-state index >= 15 is 0 Å². The van der Waals surface area contributed by atoms with E-state index in [1.54, 1.807) is 30.3 Å². The van der Waals surface area contributed by atoms with Crippen molar-refractivity contribution in [2.75, 3.05) is 27.2 Å². The molecule has 0 saturated carbocycles. The minimum absolute atomic E-state index is 0.0635. The maximum absolute atomic E-state index is 12.9. The van der Waals surface area contributed by atoms with E-state index in [-0.39, 0.29) is 26.3 Å². The zero-order valence-corrected chi connectivity index (χ0v) is 23.2. The lowest BCUT2D eigenvalue weighted by atomic mass is 10.2. The molecule has 3 rings (SSSR count). The summed E-state index contributed by atoms with van der Waals surface area (Å²) in [7, 11) is -7.81. The van der Waals surface area contributed by atoms with Crippen LogP contribution in [0.25, 0.3) is 0 Å². The summed E-state index contributed by atoms with van der Waals surface area (Å²) >= 11 is 12.0. The zero-order valence-electron chi connectivity index (χ0n) is 20.1. The number of amides is 1. The molecule has 0 aliphatic heterocycles. The van der Waals surface area contributed by atoms with E-state index < -0.39 is 32.0 Å². The van der Waals surface area contributed by atoms with E-state index in [4.69, 9.17) is 27.9 Å². The fourth-order valence-corrected chi connectivity index (χ4v) is 6.07. The Kier molecular flexibility index (Phi) is 8.96. The number of halogens is 2. The number of sulfonamides is 2. The number of carbonyl (C=O) groups is 1. The Bertz CT molecular complexity index is 1480. The lowest BCUT2D eigenvalue weighted by Gasteiger charge is -2.28. The molecule has 2 N–H and O–H groups in total. The number of nitrogens with one attached hydrogen (secondary N) is 2. The highest BCUT2D eigenvalue weighted by atomic mass is 35.5. The van der Waals surface area contributed by atoms with Gasteiger partial charge in [-0.2, -0.15) is 0 Å². The zero-order chi connectivity index (χ0) is 27.4. The summed E-state index contributed by atoms with van der Waals surface area (Å²) in [6.07, 6.45) is 1.01. The first-order valence-corrected chi connectivity index (χ1v) is 15.0. The lowest BCUT2D eigenvalue weighted by Crippen LogP contribution is -2.45. The van der Waals surface area contributed by atoms with Gasteiger partial charge < -0.3 is 10.1 Å². The van der Waals surface area contributed by atoms with Crippen LogP contribution in [0.3, 0.4) is 0 Å². The van der Waals surface area contributed by atoms with Crippen LogP contribution < -0.4 is 19.1 Å². The monoisotopic (exact) mass is 585 g/mol. The quantitative estimate of drug-likeness (QED) is 0.346. The second-order valence-electron chi connectivity index (χ2n) is 7.88. The summed E-state index contributed by atoms with van der Waals surface area (Å²) in [6.45, 7) is 3.74. The first-order valence-electron chi connectivity index (χ1n) is 10.9. The van der Waals surface area contributed by atoms with Gasteiger partial charge in [0.25, 0.3) is 10.0 Å². The molecular formula is C24H25Cl2N3O6S2. The summed E-state index contributed by atoms with van der Waals surface area (Å²) in [5, 5.41) is 2.88. The van der Waals surface area contributed by atoms with Crippen molar-refractivity contribution < 1.29 is 26.4 Å². The third kappa shape index (κ3) is 7.07. The van der Waals surface area contributed by atoms with Crippen LogP contribution in [0.1, 0.15) is 13.8 Å². The van der Waals surface area contributed by atoms with Crippen molar-refractivity contribution in [1.82, 2.24) is 0 Å². The highest BCUT2D eigenvalue weighted by Gasteiger charge is 2.29.